The van der Waals surface area contributed by atoms with Crippen LogP contribution in [0.15, 0.2) is 59.2 Å². The Labute approximate surface area is 148 Å². The number of aryl methyl sites for hydroxylation is 2. The largest absolute Gasteiger partial charge is 0.494 e. The van der Waals surface area contributed by atoms with Gasteiger partial charge in [-0.15, -0.1) is 0 Å². The Bertz CT molecular complexity index is 820. The maximum absolute atomic E-state index is 12.1. The molecular weight excluding hydrogens is 312 g/mol. The van der Waals surface area contributed by atoms with E-state index in [1.165, 1.54) is 11.1 Å². The minimum atomic E-state index is -0.145. The second-order valence-electron chi connectivity index (χ2n) is 5.97. The van der Waals surface area contributed by atoms with Crippen LogP contribution in [0.1, 0.15) is 30.0 Å². The van der Waals surface area contributed by atoms with Crippen molar-refractivity contribution in [1.82, 2.24) is 5.32 Å². The smallest absolute Gasteiger partial charge is 0.275 e. The molecule has 2 aromatic rings. The van der Waals surface area contributed by atoms with Crippen LogP contribution in [0, 0.1) is 6.92 Å². The molecule has 1 N–H and O–H groups in total. The zero-order valence-corrected chi connectivity index (χ0v) is 14.6. The number of amidine groups is 1. The van der Waals surface area contributed by atoms with Crippen LogP contribution in [-0.2, 0) is 11.2 Å². The molecule has 1 aliphatic rings. The lowest BCUT2D eigenvalue weighted by atomic mass is 10.0. The van der Waals surface area contributed by atoms with E-state index in [9.17, 15) is 4.79 Å². The first-order valence-electron chi connectivity index (χ1n) is 8.53. The zero-order valence-electron chi connectivity index (χ0n) is 14.6. The Morgan fingerprint density at radius 3 is 2.56 bits per heavy atom. The minimum Gasteiger partial charge on any atom is -0.494 e. The van der Waals surface area contributed by atoms with E-state index in [0.29, 0.717) is 12.3 Å². The lowest BCUT2D eigenvalue weighted by molar-refractivity contribution is -0.115. The number of rotatable bonds is 6. The molecule has 1 heterocycles. The van der Waals surface area contributed by atoms with Gasteiger partial charge in [0.05, 0.1) is 6.61 Å². The van der Waals surface area contributed by atoms with Crippen LogP contribution in [0.2, 0.25) is 0 Å². The molecule has 0 saturated heterocycles. The topological polar surface area (TPSA) is 50.7 Å². The number of hydrogen-bond donors (Lipinski definition) is 1. The number of nitrogens with one attached hydrogen (secondary N) is 1. The van der Waals surface area contributed by atoms with Crippen LogP contribution < -0.4 is 10.1 Å². The first kappa shape index (κ1) is 17.0. The second-order valence-corrected chi connectivity index (χ2v) is 5.97. The van der Waals surface area contributed by atoms with Crippen molar-refractivity contribution in [3.8, 4) is 5.75 Å². The van der Waals surface area contributed by atoms with Crippen LogP contribution in [0.25, 0.3) is 6.08 Å². The van der Waals surface area contributed by atoms with Crippen LogP contribution in [0.5, 0.6) is 5.75 Å². The minimum absolute atomic E-state index is 0.145. The Hall–Kier alpha value is -2.88. The summed E-state index contributed by atoms with van der Waals surface area (Å²) in [5.74, 6) is 1.40. The molecule has 0 fully saturated rings. The van der Waals surface area contributed by atoms with Gasteiger partial charge in [-0.25, -0.2) is 4.99 Å². The molecule has 0 radical (unpaired) electrons. The van der Waals surface area contributed by atoms with E-state index in [4.69, 9.17) is 4.74 Å². The first-order chi connectivity index (χ1) is 12.2. The van der Waals surface area contributed by atoms with Crippen molar-refractivity contribution in [1.29, 1.82) is 0 Å². The Morgan fingerprint density at radius 2 is 1.84 bits per heavy atom. The monoisotopic (exact) mass is 334 g/mol. The van der Waals surface area contributed by atoms with E-state index in [0.717, 1.165) is 30.0 Å². The van der Waals surface area contributed by atoms with Gasteiger partial charge in [0.15, 0.2) is 0 Å². The Balaban J connectivity index is 1.68. The average molecular weight is 334 g/mol. The van der Waals surface area contributed by atoms with Gasteiger partial charge in [-0.3, -0.25) is 4.79 Å². The summed E-state index contributed by atoms with van der Waals surface area (Å²) in [5.41, 5.74) is 3.92. The third-order valence-electron chi connectivity index (χ3n) is 4.13. The van der Waals surface area contributed by atoms with E-state index in [1.807, 2.05) is 43.3 Å². The summed E-state index contributed by atoms with van der Waals surface area (Å²) in [6.07, 6.45) is 3.38. The molecule has 1 amide bonds. The van der Waals surface area contributed by atoms with E-state index in [1.54, 1.807) is 6.08 Å². The molecule has 25 heavy (non-hydrogen) atoms. The normalized spacial score (nSPS) is 15.2. The standard InChI is InChI=1S/C21H22N2O2/c1-3-25-18-11-8-16(9-12-18)14-19-21(24)23-20(22-19)13-10-17-7-5-4-6-15(17)2/h4-9,11-12,14H,3,10,13H2,1-2H3,(H,22,23,24)/b19-14+. The Morgan fingerprint density at radius 1 is 1.08 bits per heavy atom. The highest BCUT2D eigenvalue weighted by Gasteiger charge is 2.19. The van der Waals surface area contributed by atoms with E-state index >= 15 is 0 Å². The van der Waals surface area contributed by atoms with Crippen molar-refractivity contribution >= 4 is 17.8 Å². The fourth-order valence-electron chi connectivity index (χ4n) is 2.76. The van der Waals surface area contributed by atoms with E-state index in [2.05, 4.69) is 29.4 Å². The number of benzene rings is 2. The molecule has 0 aromatic heterocycles. The fraction of sp³-hybridized carbons (Fsp3) is 0.238. The third kappa shape index (κ3) is 4.35. The molecule has 1 aliphatic heterocycles. The van der Waals surface area contributed by atoms with Crippen molar-refractivity contribution in [3.05, 3.63) is 70.9 Å². The van der Waals surface area contributed by atoms with Crippen LogP contribution in [0.3, 0.4) is 0 Å². The maximum atomic E-state index is 12.1. The number of hydrogen-bond acceptors (Lipinski definition) is 3. The van der Waals surface area contributed by atoms with Gasteiger partial charge in [0.25, 0.3) is 5.91 Å². The maximum Gasteiger partial charge on any atom is 0.275 e. The van der Waals surface area contributed by atoms with Gasteiger partial charge >= 0.3 is 0 Å². The SMILES string of the molecule is CCOc1ccc(/C=C2/N=C(CCc3ccccc3C)NC2=O)cc1. The molecule has 0 spiro atoms. The number of aliphatic imine (C=N–C) groups is 1. The quantitative estimate of drug-likeness (QED) is 0.815. The zero-order chi connectivity index (χ0) is 17.6. The highest BCUT2D eigenvalue weighted by molar-refractivity contribution is 6.14. The van der Waals surface area contributed by atoms with Crippen LogP contribution >= 0.6 is 0 Å². The summed E-state index contributed by atoms with van der Waals surface area (Å²) < 4.78 is 5.43. The second kappa shape index (κ2) is 7.79. The summed E-state index contributed by atoms with van der Waals surface area (Å²) in [4.78, 5) is 16.6. The predicted molar refractivity (Wildman–Crippen MR) is 101 cm³/mol. The van der Waals surface area contributed by atoms with Gasteiger partial charge in [-0.05, 0) is 55.2 Å². The molecule has 0 atom stereocenters. The summed E-state index contributed by atoms with van der Waals surface area (Å²) in [5, 5.41) is 2.86. The van der Waals surface area contributed by atoms with E-state index in [-0.39, 0.29) is 5.91 Å². The number of nitrogens with zero attached hydrogens (tertiary/aromatic N) is 1. The van der Waals surface area contributed by atoms with Gasteiger partial charge in [0.2, 0.25) is 0 Å². The van der Waals surface area contributed by atoms with Gasteiger partial charge in [0, 0.05) is 6.42 Å². The molecule has 0 unspecified atom stereocenters. The third-order valence-corrected chi connectivity index (χ3v) is 4.13. The summed E-state index contributed by atoms with van der Waals surface area (Å²) >= 11 is 0. The number of amides is 1. The summed E-state index contributed by atoms with van der Waals surface area (Å²) in [6, 6.07) is 15.9. The van der Waals surface area contributed by atoms with Crippen molar-refractivity contribution in [2.75, 3.05) is 6.61 Å². The lowest BCUT2D eigenvalue weighted by Gasteiger charge is -2.04. The highest BCUT2D eigenvalue weighted by atomic mass is 16.5. The molecule has 0 aliphatic carbocycles. The fourth-order valence-corrected chi connectivity index (χ4v) is 2.76. The average Bonchev–Trinajstić information content (AvgIpc) is 2.96. The summed E-state index contributed by atoms with van der Waals surface area (Å²) in [7, 11) is 0. The van der Waals surface area contributed by atoms with Crippen molar-refractivity contribution in [3.63, 3.8) is 0 Å². The molecule has 2 aromatic carbocycles. The molecular formula is C21H22N2O2. The first-order valence-corrected chi connectivity index (χ1v) is 8.53. The molecule has 4 heteroatoms. The van der Waals surface area contributed by atoms with Gasteiger partial charge < -0.3 is 10.1 Å². The number of carbonyl (C=O) groups is 1. The molecule has 128 valence electrons. The summed E-state index contributed by atoms with van der Waals surface area (Å²) in [6.45, 7) is 4.69. The number of ether oxygens (including phenoxy) is 1. The van der Waals surface area contributed by atoms with Crippen molar-refractivity contribution < 1.29 is 9.53 Å². The van der Waals surface area contributed by atoms with Gasteiger partial charge in [-0.1, -0.05) is 36.4 Å². The van der Waals surface area contributed by atoms with Gasteiger partial charge in [-0.2, -0.15) is 0 Å². The molecule has 0 bridgehead atoms. The van der Waals surface area contributed by atoms with E-state index < -0.39 is 0 Å². The molecule has 0 saturated carbocycles. The van der Waals surface area contributed by atoms with Gasteiger partial charge in [0.1, 0.15) is 17.3 Å². The Kier molecular flexibility index (Phi) is 5.29. The van der Waals surface area contributed by atoms with Crippen molar-refractivity contribution in [2.24, 2.45) is 4.99 Å². The van der Waals surface area contributed by atoms with Crippen LogP contribution in [-0.4, -0.2) is 18.3 Å². The predicted octanol–water partition coefficient (Wildman–Crippen LogP) is 3.90. The molecule has 3 rings (SSSR count). The number of carbonyl (C=O) groups excluding carboxylic acids is 1. The lowest BCUT2D eigenvalue weighted by Crippen LogP contribution is -2.24. The van der Waals surface area contributed by atoms with Crippen LogP contribution in [0.4, 0.5) is 0 Å². The highest BCUT2D eigenvalue weighted by Crippen LogP contribution is 2.18. The molecule has 4 nitrogen and oxygen atoms in total. The van der Waals surface area contributed by atoms with Crippen molar-refractivity contribution in [2.45, 2.75) is 26.7 Å².